The van der Waals surface area contributed by atoms with Crippen molar-refractivity contribution in [2.24, 2.45) is 0 Å². The van der Waals surface area contributed by atoms with Crippen LogP contribution in [0.5, 0.6) is 0 Å². The number of sulfone groups is 1. The van der Waals surface area contributed by atoms with Crippen LogP contribution in [-0.2, 0) is 9.84 Å². The van der Waals surface area contributed by atoms with Gasteiger partial charge < -0.3 is 5.32 Å². The summed E-state index contributed by atoms with van der Waals surface area (Å²) in [4.78, 5) is 0.0989. The Labute approximate surface area is 118 Å². The van der Waals surface area contributed by atoms with E-state index in [0.717, 1.165) is 13.0 Å². The molecule has 0 bridgehead atoms. The third kappa shape index (κ3) is 4.43. The predicted molar refractivity (Wildman–Crippen MR) is 76.3 cm³/mol. The molecule has 0 aliphatic heterocycles. The maximum absolute atomic E-state index is 12.2. The van der Waals surface area contributed by atoms with Crippen LogP contribution >= 0.6 is 23.2 Å². The van der Waals surface area contributed by atoms with Gasteiger partial charge in [-0.3, -0.25) is 0 Å². The largest absolute Gasteiger partial charge is 0.313 e. The third-order valence-electron chi connectivity index (χ3n) is 2.44. The van der Waals surface area contributed by atoms with Crippen LogP contribution in [0.1, 0.15) is 20.3 Å². The van der Waals surface area contributed by atoms with E-state index in [1.165, 1.54) is 12.1 Å². The summed E-state index contributed by atoms with van der Waals surface area (Å²) in [7, 11) is -3.42. The smallest absolute Gasteiger partial charge is 0.181 e. The fourth-order valence-corrected chi connectivity index (χ4v) is 3.92. The fraction of sp³-hybridized carbons (Fsp3) is 0.500. The molecule has 0 aliphatic carbocycles. The topological polar surface area (TPSA) is 46.2 Å². The lowest BCUT2D eigenvalue weighted by atomic mass is 10.3. The van der Waals surface area contributed by atoms with Crippen LogP contribution in [0.4, 0.5) is 0 Å². The molecule has 0 saturated carbocycles. The van der Waals surface area contributed by atoms with Gasteiger partial charge in [-0.15, -0.1) is 0 Å². The maximum atomic E-state index is 12.2. The maximum Gasteiger partial charge on any atom is 0.181 e. The molecular weight excluding hydrogens is 293 g/mol. The second-order valence-corrected chi connectivity index (χ2v) is 7.06. The highest BCUT2D eigenvalue weighted by Crippen LogP contribution is 2.26. The van der Waals surface area contributed by atoms with Gasteiger partial charge in [-0.05, 0) is 38.1 Å². The van der Waals surface area contributed by atoms with E-state index in [4.69, 9.17) is 23.2 Å². The Bertz CT molecular complexity index is 503. The Balaban J connectivity index is 2.89. The van der Waals surface area contributed by atoms with Crippen molar-refractivity contribution >= 4 is 33.0 Å². The van der Waals surface area contributed by atoms with Crippen LogP contribution < -0.4 is 5.32 Å². The highest BCUT2D eigenvalue weighted by atomic mass is 35.5. The van der Waals surface area contributed by atoms with Crippen molar-refractivity contribution < 1.29 is 8.42 Å². The van der Waals surface area contributed by atoms with Crippen LogP contribution in [0.2, 0.25) is 10.0 Å². The van der Waals surface area contributed by atoms with Crippen LogP contribution in [0.25, 0.3) is 0 Å². The quantitative estimate of drug-likeness (QED) is 0.878. The molecule has 102 valence electrons. The van der Waals surface area contributed by atoms with Gasteiger partial charge in [-0.25, -0.2) is 8.42 Å². The monoisotopic (exact) mass is 309 g/mol. The Morgan fingerprint density at radius 1 is 1.33 bits per heavy atom. The van der Waals surface area contributed by atoms with E-state index >= 15 is 0 Å². The van der Waals surface area contributed by atoms with Gasteiger partial charge in [0.25, 0.3) is 0 Å². The summed E-state index contributed by atoms with van der Waals surface area (Å²) in [5.41, 5.74) is 0. The molecular formula is C12H17Cl2NO2S. The van der Waals surface area contributed by atoms with E-state index in [9.17, 15) is 8.42 Å². The van der Waals surface area contributed by atoms with Crippen LogP contribution in [-0.4, -0.2) is 26.8 Å². The molecule has 1 aromatic rings. The summed E-state index contributed by atoms with van der Waals surface area (Å²) in [6.45, 7) is 4.66. The zero-order valence-electron chi connectivity index (χ0n) is 10.4. The fourth-order valence-electron chi connectivity index (χ4n) is 1.58. The highest BCUT2D eigenvalue weighted by molar-refractivity contribution is 7.91. The molecule has 1 N–H and O–H groups in total. The third-order valence-corrected chi connectivity index (χ3v) is 5.06. The van der Waals surface area contributed by atoms with Gasteiger partial charge in [0.05, 0.1) is 15.7 Å². The number of nitrogens with one attached hydrogen (secondary N) is 1. The first-order valence-electron chi connectivity index (χ1n) is 5.78. The second kappa shape index (κ2) is 6.75. The molecule has 1 unspecified atom stereocenters. The molecule has 0 amide bonds. The minimum atomic E-state index is -3.42. The van der Waals surface area contributed by atoms with Crippen molar-refractivity contribution in [1.82, 2.24) is 5.32 Å². The van der Waals surface area contributed by atoms with Crippen molar-refractivity contribution in [2.75, 3.05) is 12.3 Å². The summed E-state index contributed by atoms with van der Waals surface area (Å²) in [6.07, 6.45) is 0.961. The lowest BCUT2D eigenvalue weighted by Crippen LogP contribution is -2.33. The van der Waals surface area contributed by atoms with Crippen LogP contribution in [0.3, 0.4) is 0 Å². The molecule has 0 saturated heterocycles. The molecule has 0 aliphatic rings. The van der Waals surface area contributed by atoms with E-state index in [-0.39, 0.29) is 21.7 Å². The minimum absolute atomic E-state index is 0.00701. The first-order chi connectivity index (χ1) is 8.36. The van der Waals surface area contributed by atoms with Crippen molar-refractivity contribution in [3.63, 3.8) is 0 Å². The van der Waals surface area contributed by atoms with Crippen LogP contribution in [0.15, 0.2) is 23.1 Å². The predicted octanol–water partition coefficient (Wildman–Crippen LogP) is 3.16. The molecule has 3 nitrogen and oxygen atoms in total. The Morgan fingerprint density at radius 3 is 2.61 bits per heavy atom. The molecule has 18 heavy (non-hydrogen) atoms. The number of rotatable bonds is 6. The lowest BCUT2D eigenvalue weighted by molar-refractivity contribution is 0.555. The molecule has 0 fully saturated rings. The van der Waals surface area contributed by atoms with Crippen molar-refractivity contribution in [1.29, 1.82) is 0 Å². The molecule has 1 aromatic carbocycles. The average Bonchev–Trinajstić information content (AvgIpc) is 2.29. The number of hydrogen-bond acceptors (Lipinski definition) is 3. The van der Waals surface area contributed by atoms with Crippen LogP contribution in [0, 0.1) is 0 Å². The SMILES string of the molecule is CCCNC(C)CS(=O)(=O)c1cc(Cl)ccc1Cl. The van der Waals surface area contributed by atoms with E-state index in [1.807, 2.05) is 13.8 Å². The molecule has 1 rings (SSSR count). The van der Waals surface area contributed by atoms with Gasteiger partial charge in [-0.2, -0.15) is 0 Å². The van der Waals surface area contributed by atoms with Crippen molar-refractivity contribution in [3.05, 3.63) is 28.2 Å². The van der Waals surface area contributed by atoms with Gasteiger partial charge >= 0.3 is 0 Å². The van der Waals surface area contributed by atoms with Gasteiger partial charge in [0.2, 0.25) is 0 Å². The zero-order chi connectivity index (χ0) is 13.8. The summed E-state index contributed by atoms with van der Waals surface area (Å²) < 4.78 is 24.4. The Kier molecular flexibility index (Phi) is 5.92. The van der Waals surface area contributed by atoms with Gasteiger partial charge in [0.15, 0.2) is 9.84 Å². The number of hydrogen-bond donors (Lipinski definition) is 1. The van der Waals surface area contributed by atoms with Gasteiger partial charge in [-0.1, -0.05) is 30.1 Å². The molecule has 0 heterocycles. The van der Waals surface area contributed by atoms with Crippen molar-refractivity contribution in [3.8, 4) is 0 Å². The minimum Gasteiger partial charge on any atom is -0.313 e. The summed E-state index contributed by atoms with van der Waals surface area (Å²) in [5.74, 6) is 0.00701. The Morgan fingerprint density at radius 2 is 2.00 bits per heavy atom. The summed E-state index contributed by atoms with van der Waals surface area (Å²) >= 11 is 11.7. The van der Waals surface area contributed by atoms with E-state index in [0.29, 0.717) is 5.02 Å². The molecule has 6 heteroatoms. The molecule has 0 aromatic heterocycles. The first kappa shape index (κ1) is 15.8. The molecule has 1 atom stereocenters. The summed E-state index contributed by atoms with van der Waals surface area (Å²) in [5, 5.41) is 3.71. The normalized spacial score (nSPS) is 13.6. The number of benzene rings is 1. The Hall–Kier alpha value is -0.290. The first-order valence-corrected chi connectivity index (χ1v) is 8.19. The zero-order valence-corrected chi connectivity index (χ0v) is 12.7. The van der Waals surface area contributed by atoms with Crippen molar-refractivity contribution in [2.45, 2.75) is 31.2 Å². The highest BCUT2D eigenvalue weighted by Gasteiger charge is 2.21. The van der Waals surface area contributed by atoms with E-state index < -0.39 is 9.84 Å². The lowest BCUT2D eigenvalue weighted by Gasteiger charge is -2.14. The standard InChI is InChI=1S/C12H17Cl2NO2S/c1-3-6-15-9(2)8-18(16,17)12-7-10(13)4-5-11(12)14/h4-5,7,9,15H,3,6,8H2,1-2H3. The summed E-state index contributed by atoms with van der Waals surface area (Å²) in [6, 6.07) is 4.35. The molecule has 0 spiro atoms. The van der Waals surface area contributed by atoms with Gasteiger partial charge in [0, 0.05) is 11.1 Å². The number of halogens is 2. The van der Waals surface area contributed by atoms with Gasteiger partial charge in [0.1, 0.15) is 0 Å². The molecule has 0 radical (unpaired) electrons. The van der Waals surface area contributed by atoms with E-state index in [1.54, 1.807) is 6.07 Å². The average molecular weight is 310 g/mol. The second-order valence-electron chi connectivity index (χ2n) is 4.21. The van der Waals surface area contributed by atoms with E-state index in [2.05, 4.69) is 5.32 Å².